The van der Waals surface area contributed by atoms with Crippen LogP contribution in [-0.2, 0) is 0 Å². The predicted octanol–water partition coefficient (Wildman–Crippen LogP) is 4.79. The zero-order valence-corrected chi connectivity index (χ0v) is 13.2. The highest BCUT2D eigenvalue weighted by molar-refractivity contribution is 6.34. The summed E-state index contributed by atoms with van der Waals surface area (Å²) >= 11 is 12.3. The Labute approximate surface area is 132 Å². The van der Waals surface area contributed by atoms with E-state index in [9.17, 15) is 10.1 Å². The molecule has 0 spiro atoms. The van der Waals surface area contributed by atoms with Crippen molar-refractivity contribution in [2.75, 3.05) is 0 Å². The first-order valence-electron chi connectivity index (χ1n) is 6.29. The second-order valence-corrected chi connectivity index (χ2v) is 5.67. The van der Waals surface area contributed by atoms with Crippen molar-refractivity contribution in [1.82, 2.24) is 9.97 Å². The molecule has 5 nitrogen and oxygen atoms in total. The Bertz CT molecular complexity index is 694. The van der Waals surface area contributed by atoms with Crippen molar-refractivity contribution in [3.8, 4) is 11.4 Å². The fourth-order valence-electron chi connectivity index (χ4n) is 1.98. The Balaban J connectivity index is 2.62. The van der Waals surface area contributed by atoms with Gasteiger partial charge in [-0.05, 0) is 18.4 Å². The molecule has 0 atom stereocenters. The van der Waals surface area contributed by atoms with Gasteiger partial charge in [0.2, 0.25) is 0 Å². The molecule has 0 fully saturated rings. The van der Waals surface area contributed by atoms with Crippen LogP contribution in [0, 0.1) is 17.0 Å². The van der Waals surface area contributed by atoms with Crippen LogP contribution in [0.15, 0.2) is 18.2 Å². The maximum atomic E-state index is 10.9. The molecule has 0 N–H and O–H groups in total. The minimum absolute atomic E-state index is 0.0284. The summed E-state index contributed by atoms with van der Waals surface area (Å²) in [5, 5.41) is 11.4. The highest BCUT2D eigenvalue weighted by Crippen LogP contribution is 2.32. The molecule has 1 aromatic heterocycles. The van der Waals surface area contributed by atoms with Crippen LogP contribution in [0.5, 0.6) is 0 Å². The van der Waals surface area contributed by atoms with Gasteiger partial charge < -0.3 is 0 Å². The van der Waals surface area contributed by atoms with Crippen LogP contribution >= 0.6 is 23.2 Å². The number of rotatable bonds is 3. The topological polar surface area (TPSA) is 68.9 Å². The van der Waals surface area contributed by atoms with Gasteiger partial charge in [0.1, 0.15) is 10.3 Å². The molecule has 21 heavy (non-hydrogen) atoms. The van der Waals surface area contributed by atoms with Gasteiger partial charge >= 0.3 is 0 Å². The van der Waals surface area contributed by atoms with E-state index in [1.807, 2.05) is 20.8 Å². The molecular formula is C14H13Cl2N3O2. The lowest BCUT2D eigenvalue weighted by Gasteiger charge is -2.12. The SMILES string of the molecule is Cc1ccc([N+](=O)[O-])cc1-c1nc(Cl)c(C(C)C)c(Cl)n1. The standard InChI is InChI=1S/C14H13Cl2N3O2/c1-7(2)11-12(15)17-14(18-13(11)16)10-6-9(19(20)21)5-4-8(10)3/h4-7H,1-3H3. The van der Waals surface area contributed by atoms with Crippen molar-refractivity contribution >= 4 is 28.9 Å². The molecule has 110 valence electrons. The molecule has 0 amide bonds. The molecule has 1 heterocycles. The van der Waals surface area contributed by atoms with Gasteiger partial charge in [0, 0.05) is 23.3 Å². The summed E-state index contributed by atoms with van der Waals surface area (Å²) in [7, 11) is 0. The number of halogens is 2. The lowest BCUT2D eigenvalue weighted by molar-refractivity contribution is -0.384. The Morgan fingerprint density at radius 3 is 2.24 bits per heavy atom. The predicted molar refractivity (Wildman–Crippen MR) is 83.0 cm³/mol. The van der Waals surface area contributed by atoms with Crippen LogP contribution < -0.4 is 0 Å². The van der Waals surface area contributed by atoms with Crippen molar-refractivity contribution in [2.45, 2.75) is 26.7 Å². The van der Waals surface area contributed by atoms with Gasteiger partial charge in [-0.3, -0.25) is 10.1 Å². The molecular weight excluding hydrogens is 313 g/mol. The van der Waals surface area contributed by atoms with E-state index >= 15 is 0 Å². The largest absolute Gasteiger partial charge is 0.270 e. The summed E-state index contributed by atoms with van der Waals surface area (Å²) in [5.41, 5.74) is 2.00. The average Bonchev–Trinajstić information content (AvgIpc) is 2.37. The zero-order valence-electron chi connectivity index (χ0n) is 11.7. The quantitative estimate of drug-likeness (QED) is 0.462. The summed E-state index contributed by atoms with van der Waals surface area (Å²) in [4.78, 5) is 18.9. The van der Waals surface area contributed by atoms with Gasteiger partial charge in [-0.25, -0.2) is 9.97 Å². The second-order valence-electron chi connectivity index (χ2n) is 4.95. The van der Waals surface area contributed by atoms with E-state index in [4.69, 9.17) is 23.2 Å². The van der Waals surface area contributed by atoms with Crippen LogP contribution in [0.2, 0.25) is 10.3 Å². The Morgan fingerprint density at radius 1 is 1.19 bits per heavy atom. The monoisotopic (exact) mass is 325 g/mol. The number of hydrogen-bond acceptors (Lipinski definition) is 4. The molecule has 0 bridgehead atoms. The van der Waals surface area contributed by atoms with E-state index in [1.165, 1.54) is 12.1 Å². The summed E-state index contributed by atoms with van der Waals surface area (Å²) in [5.74, 6) is 0.376. The first kappa shape index (κ1) is 15.7. The maximum absolute atomic E-state index is 10.9. The molecule has 0 aliphatic rings. The molecule has 0 aliphatic heterocycles. The van der Waals surface area contributed by atoms with Gasteiger partial charge in [-0.2, -0.15) is 0 Å². The molecule has 0 unspecified atom stereocenters. The summed E-state index contributed by atoms with van der Waals surface area (Å²) < 4.78 is 0. The minimum Gasteiger partial charge on any atom is -0.258 e. The number of aryl methyl sites for hydroxylation is 1. The van der Waals surface area contributed by atoms with Crippen molar-refractivity contribution in [2.24, 2.45) is 0 Å². The van der Waals surface area contributed by atoms with E-state index in [1.54, 1.807) is 6.07 Å². The number of nitrogens with zero attached hydrogens (tertiary/aromatic N) is 3. The number of nitro groups is 1. The molecule has 7 heteroatoms. The third kappa shape index (κ3) is 3.14. The summed E-state index contributed by atoms with van der Waals surface area (Å²) in [6.07, 6.45) is 0. The first-order valence-corrected chi connectivity index (χ1v) is 7.05. The van der Waals surface area contributed by atoms with Crippen molar-refractivity contribution in [3.63, 3.8) is 0 Å². The summed E-state index contributed by atoms with van der Waals surface area (Å²) in [6.45, 7) is 5.70. The number of aromatic nitrogens is 2. The van der Waals surface area contributed by atoms with E-state index in [-0.39, 0.29) is 27.7 Å². The fraction of sp³-hybridized carbons (Fsp3) is 0.286. The van der Waals surface area contributed by atoms with Crippen LogP contribution in [0.4, 0.5) is 5.69 Å². The molecule has 1 aromatic carbocycles. The Kier molecular flexibility index (Phi) is 4.44. The van der Waals surface area contributed by atoms with Gasteiger partial charge in [0.15, 0.2) is 5.82 Å². The lowest BCUT2D eigenvalue weighted by atomic mass is 10.1. The van der Waals surface area contributed by atoms with E-state index in [0.717, 1.165) is 5.56 Å². The maximum Gasteiger partial charge on any atom is 0.270 e. The van der Waals surface area contributed by atoms with Crippen molar-refractivity contribution in [3.05, 3.63) is 49.7 Å². The van der Waals surface area contributed by atoms with E-state index < -0.39 is 4.92 Å². The van der Waals surface area contributed by atoms with Crippen molar-refractivity contribution < 1.29 is 4.92 Å². The normalized spacial score (nSPS) is 11.0. The number of hydrogen-bond donors (Lipinski definition) is 0. The van der Waals surface area contributed by atoms with Gasteiger partial charge in [-0.15, -0.1) is 0 Å². The highest BCUT2D eigenvalue weighted by Gasteiger charge is 2.18. The van der Waals surface area contributed by atoms with E-state index in [2.05, 4.69) is 9.97 Å². The molecule has 0 saturated heterocycles. The minimum atomic E-state index is -0.464. The van der Waals surface area contributed by atoms with Gasteiger partial charge in [0.25, 0.3) is 5.69 Å². The smallest absolute Gasteiger partial charge is 0.258 e. The lowest BCUT2D eigenvalue weighted by Crippen LogP contribution is -2.00. The third-order valence-electron chi connectivity index (χ3n) is 3.10. The van der Waals surface area contributed by atoms with Crippen molar-refractivity contribution in [1.29, 1.82) is 0 Å². The second kappa shape index (κ2) is 5.95. The zero-order chi connectivity index (χ0) is 15.7. The number of benzene rings is 1. The Hall–Kier alpha value is -1.72. The van der Waals surface area contributed by atoms with Gasteiger partial charge in [0.05, 0.1) is 4.92 Å². The third-order valence-corrected chi connectivity index (χ3v) is 3.68. The molecule has 0 aliphatic carbocycles. The highest BCUT2D eigenvalue weighted by atomic mass is 35.5. The van der Waals surface area contributed by atoms with Crippen LogP contribution in [0.25, 0.3) is 11.4 Å². The number of nitro benzene ring substituents is 1. The van der Waals surface area contributed by atoms with Crippen LogP contribution in [0.1, 0.15) is 30.9 Å². The molecule has 0 saturated carbocycles. The fourth-order valence-corrected chi connectivity index (χ4v) is 2.80. The number of non-ortho nitro benzene ring substituents is 1. The summed E-state index contributed by atoms with van der Waals surface area (Å²) in [6, 6.07) is 4.51. The van der Waals surface area contributed by atoms with E-state index in [0.29, 0.717) is 11.1 Å². The molecule has 2 aromatic rings. The van der Waals surface area contributed by atoms with Gasteiger partial charge in [-0.1, -0.05) is 43.1 Å². The Morgan fingerprint density at radius 2 is 1.76 bits per heavy atom. The molecule has 0 radical (unpaired) electrons. The average molecular weight is 326 g/mol. The van der Waals surface area contributed by atoms with Crippen LogP contribution in [-0.4, -0.2) is 14.9 Å². The molecule has 2 rings (SSSR count). The van der Waals surface area contributed by atoms with Crippen LogP contribution in [0.3, 0.4) is 0 Å². The first-order chi connectivity index (χ1) is 9.81.